The quantitative estimate of drug-likeness (QED) is 0.213. The molecular formula is C29H27BINO7S. The number of phenols is 1. The lowest BCUT2D eigenvalue weighted by molar-refractivity contribution is -0.140. The summed E-state index contributed by atoms with van der Waals surface area (Å²) in [6, 6.07) is 16.7. The van der Waals surface area contributed by atoms with Gasteiger partial charge in [0.2, 0.25) is 11.8 Å². The molecule has 0 radical (unpaired) electrons. The number of carbonyl (C=O) groups is 2. The Bertz CT molecular complexity index is 1460. The van der Waals surface area contributed by atoms with Crippen molar-refractivity contribution in [2.75, 3.05) is 13.7 Å². The first kappa shape index (κ1) is 27.3. The number of amides is 2. The van der Waals surface area contributed by atoms with Gasteiger partial charge in [-0.2, -0.15) is 0 Å². The lowest BCUT2D eigenvalue weighted by atomic mass is 9.55. The van der Waals surface area contributed by atoms with Gasteiger partial charge in [-0.25, -0.2) is 0 Å². The number of thiophene rings is 1. The van der Waals surface area contributed by atoms with E-state index in [2.05, 4.69) is 0 Å². The van der Waals surface area contributed by atoms with Crippen LogP contribution in [0.3, 0.4) is 0 Å². The fourth-order valence-electron chi connectivity index (χ4n) is 6.16. The Labute approximate surface area is 249 Å². The van der Waals surface area contributed by atoms with Crippen LogP contribution in [0.4, 0.5) is 0 Å². The second-order valence-corrected chi connectivity index (χ2v) is 12.4. The van der Waals surface area contributed by atoms with Gasteiger partial charge in [-0.05, 0) is 93.7 Å². The van der Waals surface area contributed by atoms with Gasteiger partial charge in [-0.15, -0.1) is 11.3 Å². The fourth-order valence-corrected chi connectivity index (χ4v) is 7.48. The number of allylic oxidation sites excluding steroid dienone is 1. The van der Waals surface area contributed by atoms with Crippen LogP contribution in [0.25, 0.3) is 0 Å². The van der Waals surface area contributed by atoms with E-state index >= 15 is 0 Å². The maximum absolute atomic E-state index is 13.8. The molecule has 8 nitrogen and oxygen atoms in total. The van der Waals surface area contributed by atoms with Crippen LogP contribution in [0.2, 0.25) is 0 Å². The van der Waals surface area contributed by atoms with E-state index in [1.165, 1.54) is 23.3 Å². The Balaban J connectivity index is 1.36. The Kier molecular flexibility index (Phi) is 7.64. The minimum atomic E-state index is -1.27. The Morgan fingerprint density at radius 1 is 1.12 bits per heavy atom. The van der Waals surface area contributed by atoms with Crippen molar-refractivity contribution in [3.8, 4) is 17.2 Å². The predicted octanol–water partition coefficient (Wildman–Crippen LogP) is 4.74. The molecule has 2 aromatic carbocycles. The van der Waals surface area contributed by atoms with Crippen LogP contribution in [0, 0.1) is 21.3 Å². The first-order valence-electron chi connectivity index (χ1n) is 13.0. The van der Waals surface area contributed by atoms with Crippen LogP contribution in [0.15, 0.2) is 71.0 Å². The van der Waals surface area contributed by atoms with Crippen molar-refractivity contribution in [3.63, 3.8) is 0 Å². The summed E-state index contributed by atoms with van der Waals surface area (Å²) in [5.74, 6) is -0.922. The number of imide groups is 1. The molecule has 206 valence electrons. The number of hydrogen-bond donors (Lipinski definition) is 2. The van der Waals surface area contributed by atoms with Crippen LogP contribution >= 0.6 is 33.9 Å². The predicted molar refractivity (Wildman–Crippen MR) is 158 cm³/mol. The Morgan fingerprint density at radius 2 is 1.93 bits per heavy atom. The number of rotatable bonds is 7. The normalized spacial score (nSPS) is 24.3. The highest BCUT2D eigenvalue weighted by Gasteiger charge is 2.58. The molecule has 2 fully saturated rings. The molecule has 2 N–H and O–H groups in total. The molecule has 11 heteroatoms. The molecule has 0 spiro atoms. The summed E-state index contributed by atoms with van der Waals surface area (Å²) in [6.07, 6.45) is 0.138. The number of methoxy groups -OCH3 is 1. The number of para-hydroxylation sites is 1. The molecule has 0 bridgehead atoms. The number of fused-ring (bicyclic) bond motifs is 3. The number of hydrogen-bond acceptors (Lipinski definition) is 8. The van der Waals surface area contributed by atoms with E-state index in [-0.39, 0.29) is 30.7 Å². The molecule has 3 heterocycles. The van der Waals surface area contributed by atoms with Gasteiger partial charge in [-0.1, -0.05) is 24.3 Å². The van der Waals surface area contributed by atoms with Crippen LogP contribution in [-0.4, -0.2) is 47.7 Å². The van der Waals surface area contributed by atoms with E-state index in [9.17, 15) is 19.7 Å². The molecule has 2 saturated heterocycles. The van der Waals surface area contributed by atoms with E-state index in [4.69, 9.17) is 14.1 Å². The highest BCUT2D eigenvalue weighted by atomic mass is 127. The zero-order chi connectivity index (χ0) is 28.0. The lowest BCUT2D eigenvalue weighted by Crippen LogP contribution is -2.45. The Hall–Kier alpha value is -2.87. The number of halogens is 1. The number of ether oxygens (including phenoxy) is 2. The van der Waals surface area contributed by atoms with Gasteiger partial charge < -0.3 is 24.3 Å². The zero-order valence-electron chi connectivity index (χ0n) is 21.7. The Morgan fingerprint density at radius 3 is 2.65 bits per heavy atom. The summed E-state index contributed by atoms with van der Waals surface area (Å²) >= 11 is 3.53. The van der Waals surface area contributed by atoms with Gasteiger partial charge in [0.1, 0.15) is 12.4 Å². The van der Waals surface area contributed by atoms with Crippen molar-refractivity contribution in [3.05, 3.63) is 85.0 Å². The third-order valence-corrected chi connectivity index (χ3v) is 9.68. The summed E-state index contributed by atoms with van der Waals surface area (Å²) in [6.45, 7) is 0.428. The van der Waals surface area contributed by atoms with Crippen LogP contribution in [0.5, 0.6) is 17.2 Å². The lowest BCUT2D eigenvalue weighted by Gasteiger charge is -2.42. The monoisotopic (exact) mass is 671 g/mol. The average Bonchev–Trinajstić information content (AvgIpc) is 3.56. The second-order valence-electron chi connectivity index (χ2n) is 10.2. The first-order valence-corrected chi connectivity index (χ1v) is 15.0. The summed E-state index contributed by atoms with van der Waals surface area (Å²) in [4.78, 5) is 29.8. The highest BCUT2D eigenvalue weighted by molar-refractivity contribution is 14.1. The standard InChI is InChI=1S/C29H27BINO7S/c1-37-24-12-16(11-22(31)27(24)33)23-13-20-25-21(28(34)32(29(25)35)14-19-8-5-9-40-19)10-17(26(20)30(36)39-23)15-38-18-6-3-2-4-7-18/h2-9,11-12,20-21,23,25,33,36H,10,13-15H2,1H3/t20-,21-,23-,25+/m0/s1. The number of aromatic hydroxyl groups is 1. The van der Waals surface area contributed by atoms with Crippen LogP contribution in [0.1, 0.15) is 29.4 Å². The molecule has 0 saturated carbocycles. The topological polar surface area (TPSA) is 106 Å². The molecule has 6 rings (SSSR count). The van der Waals surface area contributed by atoms with Gasteiger partial charge >= 0.3 is 7.12 Å². The van der Waals surface area contributed by atoms with Gasteiger partial charge in [-0.3, -0.25) is 14.5 Å². The third kappa shape index (κ3) is 4.93. The van der Waals surface area contributed by atoms with Crippen molar-refractivity contribution in [1.82, 2.24) is 4.90 Å². The summed E-state index contributed by atoms with van der Waals surface area (Å²) < 4.78 is 18.1. The molecule has 3 aliphatic rings. The molecule has 1 aliphatic carbocycles. The number of carbonyl (C=O) groups excluding carboxylic acids is 2. The van der Waals surface area contributed by atoms with E-state index in [1.54, 1.807) is 12.1 Å². The summed E-state index contributed by atoms with van der Waals surface area (Å²) in [5.41, 5.74) is 2.14. The van der Waals surface area contributed by atoms with Crippen molar-refractivity contribution in [1.29, 1.82) is 0 Å². The van der Waals surface area contributed by atoms with E-state index < -0.39 is 31.0 Å². The SMILES string of the molecule is COc1cc([C@@H]2C[C@@H]3C(=C(COc4ccccc4)C[C@@H]4C(=O)N(Cc5cccs5)C(=O)[C@@H]43)B(O)O2)cc(I)c1O. The minimum absolute atomic E-state index is 0.0302. The van der Waals surface area contributed by atoms with Gasteiger partial charge in [0.25, 0.3) is 0 Å². The van der Waals surface area contributed by atoms with Gasteiger partial charge in [0.15, 0.2) is 11.5 Å². The molecule has 0 unspecified atom stereocenters. The van der Waals surface area contributed by atoms with Crippen LogP contribution in [-0.2, 0) is 20.8 Å². The van der Waals surface area contributed by atoms with Crippen molar-refractivity contribution < 1.29 is 33.8 Å². The van der Waals surface area contributed by atoms with Crippen molar-refractivity contribution in [2.24, 2.45) is 17.8 Å². The molecular weight excluding hydrogens is 644 g/mol. The first-order chi connectivity index (χ1) is 19.4. The van der Waals surface area contributed by atoms with E-state index in [1.807, 2.05) is 70.4 Å². The number of phenolic OH excluding ortho intramolecular Hbond substituents is 1. The van der Waals surface area contributed by atoms with E-state index in [0.29, 0.717) is 38.9 Å². The zero-order valence-corrected chi connectivity index (χ0v) is 24.6. The number of benzene rings is 2. The van der Waals surface area contributed by atoms with E-state index in [0.717, 1.165) is 10.5 Å². The molecule has 3 aromatic rings. The summed E-state index contributed by atoms with van der Waals surface area (Å²) in [5, 5.41) is 23.6. The third-order valence-electron chi connectivity index (χ3n) is 8.00. The molecule has 2 amide bonds. The van der Waals surface area contributed by atoms with Crippen molar-refractivity contribution >= 4 is 52.9 Å². The molecule has 40 heavy (non-hydrogen) atoms. The molecule has 2 aliphatic heterocycles. The molecule has 4 atom stereocenters. The number of nitrogens with zero attached hydrogens (tertiary/aromatic N) is 1. The summed E-state index contributed by atoms with van der Waals surface area (Å²) in [7, 11) is 0.202. The minimum Gasteiger partial charge on any atom is -0.504 e. The smallest absolute Gasteiger partial charge is 0.487 e. The van der Waals surface area contributed by atoms with Gasteiger partial charge in [0, 0.05) is 4.88 Å². The fraction of sp³-hybridized carbons (Fsp3) is 0.310. The second kappa shape index (κ2) is 11.2. The largest absolute Gasteiger partial charge is 0.504 e. The maximum Gasteiger partial charge on any atom is 0.487 e. The van der Waals surface area contributed by atoms with Gasteiger partial charge in [0.05, 0.1) is 35.2 Å². The average molecular weight is 671 g/mol. The molecule has 1 aromatic heterocycles. The maximum atomic E-state index is 13.8. The number of likely N-dealkylation sites (tertiary alicyclic amines) is 1. The van der Waals surface area contributed by atoms with Crippen LogP contribution < -0.4 is 9.47 Å². The van der Waals surface area contributed by atoms with Crippen molar-refractivity contribution in [2.45, 2.75) is 25.5 Å². The highest BCUT2D eigenvalue weighted by Crippen LogP contribution is 2.52.